The van der Waals surface area contributed by atoms with Crippen molar-refractivity contribution in [1.29, 1.82) is 0 Å². The quantitative estimate of drug-likeness (QED) is 0.602. The first-order chi connectivity index (χ1) is 9.08. The second-order valence-corrected chi connectivity index (χ2v) is 5.01. The predicted octanol–water partition coefficient (Wildman–Crippen LogP) is -0.232. The third kappa shape index (κ3) is 3.42. The monoisotopic (exact) mass is 264 g/mol. The molecule has 0 aliphatic heterocycles. The number of nitrogens with one attached hydrogen (secondary N) is 1. The largest absolute Gasteiger partial charge is 0.391 e. The maximum absolute atomic E-state index is 12.0. The van der Waals surface area contributed by atoms with Gasteiger partial charge < -0.3 is 21.9 Å². The van der Waals surface area contributed by atoms with Crippen LogP contribution in [0, 0.1) is 5.92 Å². The first-order valence-corrected chi connectivity index (χ1v) is 6.48. The summed E-state index contributed by atoms with van der Waals surface area (Å²) in [6.07, 6.45) is 2.84. The fourth-order valence-electron chi connectivity index (χ4n) is 2.34. The smallest absolute Gasteiger partial charge is 0.223 e. The van der Waals surface area contributed by atoms with Crippen molar-refractivity contribution in [2.75, 3.05) is 5.73 Å². The van der Waals surface area contributed by atoms with Crippen molar-refractivity contribution < 1.29 is 9.90 Å². The first-order valence-electron chi connectivity index (χ1n) is 6.48. The van der Waals surface area contributed by atoms with Gasteiger partial charge in [0.2, 0.25) is 5.91 Å². The van der Waals surface area contributed by atoms with Gasteiger partial charge >= 0.3 is 0 Å². The van der Waals surface area contributed by atoms with Gasteiger partial charge in [-0.2, -0.15) is 0 Å². The van der Waals surface area contributed by atoms with Crippen LogP contribution in [-0.4, -0.2) is 28.1 Å². The minimum Gasteiger partial charge on any atom is -0.391 e. The molecule has 1 aliphatic rings. The molecule has 19 heavy (non-hydrogen) atoms. The van der Waals surface area contributed by atoms with Gasteiger partial charge in [0.25, 0.3) is 0 Å². The molecule has 1 heterocycles. The molecule has 0 unspecified atom stereocenters. The number of pyridine rings is 1. The van der Waals surface area contributed by atoms with Crippen LogP contribution in [0.15, 0.2) is 18.3 Å². The summed E-state index contributed by atoms with van der Waals surface area (Å²) in [7, 11) is 0. The summed E-state index contributed by atoms with van der Waals surface area (Å²) < 4.78 is 0. The van der Waals surface area contributed by atoms with Crippen molar-refractivity contribution in [3.8, 4) is 0 Å². The Kier molecular flexibility index (Phi) is 4.34. The molecule has 104 valence electrons. The number of carbonyl (C=O) groups excluding carboxylic acids is 1. The average molecular weight is 264 g/mol. The van der Waals surface area contributed by atoms with Gasteiger partial charge in [0.05, 0.1) is 6.10 Å². The molecule has 6 heteroatoms. The minimum absolute atomic E-state index is 0.0609. The van der Waals surface area contributed by atoms with Crippen LogP contribution in [0.4, 0.5) is 5.82 Å². The summed E-state index contributed by atoms with van der Waals surface area (Å²) in [5.74, 6) is 0.190. The Bertz CT molecular complexity index is 452. The zero-order chi connectivity index (χ0) is 13.8. The lowest BCUT2D eigenvalue weighted by molar-refractivity contribution is -0.127. The number of nitrogens with two attached hydrogens (primary N) is 2. The molecule has 1 fully saturated rings. The molecule has 3 atom stereocenters. The molecule has 6 N–H and O–H groups in total. The normalized spacial score (nSPS) is 26.9. The van der Waals surface area contributed by atoms with Crippen molar-refractivity contribution in [1.82, 2.24) is 10.3 Å². The summed E-state index contributed by atoms with van der Waals surface area (Å²) in [4.78, 5) is 16.0. The molecule has 1 aromatic rings. The molecule has 1 aromatic heterocycles. The SMILES string of the molecule is Nc1ncccc1CNC(=O)[C@H]1CC[C@H](N)[C@@H](O)C1. The number of nitrogens with zero attached hydrogens (tertiary/aromatic N) is 1. The van der Waals surface area contributed by atoms with Crippen molar-refractivity contribution in [2.24, 2.45) is 11.7 Å². The van der Waals surface area contributed by atoms with Crippen molar-refractivity contribution in [3.63, 3.8) is 0 Å². The number of nitrogen functional groups attached to an aromatic ring is 1. The maximum atomic E-state index is 12.0. The average Bonchev–Trinajstić information content (AvgIpc) is 2.40. The number of aliphatic hydroxyl groups excluding tert-OH is 1. The minimum atomic E-state index is -0.590. The predicted molar refractivity (Wildman–Crippen MR) is 71.8 cm³/mol. The molecule has 0 bridgehead atoms. The van der Waals surface area contributed by atoms with E-state index >= 15 is 0 Å². The number of hydrogen-bond acceptors (Lipinski definition) is 5. The van der Waals surface area contributed by atoms with Crippen LogP contribution in [0.2, 0.25) is 0 Å². The Morgan fingerprint density at radius 3 is 3.00 bits per heavy atom. The lowest BCUT2D eigenvalue weighted by atomic mass is 9.84. The molecule has 1 aliphatic carbocycles. The Hall–Kier alpha value is -1.66. The fraction of sp³-hybridized carbons (Fsp3) is 0.538. The highest BCUT2D eigenvalue weighted by Gasteiger charge is 2.30. The van der Waals surface area contributed by atoms with Crippen LogP contribution in [0.5, 0.6) is 0 Å². The van der Waals surface area contributed by atoms with Crippen molar-refractivity contribution >= 4 is 11.7 Å². The number of amides is 1. The van der Waals surface area contributed by atoms with Gasteiger partial charge in [-0.1, -0.05) is 6.07 Å². The van der Waals surface area contributed by atoms with E-state index in [1.165, 1.54) is 0 Å². The summed E-state index contributed by atoms with van der Waals surface area (Å²) in [5, 5.41) is 12.5. The first kappa shape index (κ1) is 13.8. The third-order valence-electron chi connectivity index (χ3n) is 3.62. The standard InChI is InChI=1S/C13H20N4O2/c14-10-4-3-8(6-11(10)18)13(19)17-7-9-2-1-5-16-12(9)15/h1-2,5,8,10-11,18H,3-4,6-7,14H2,(H2,15,16)(H,17,19)/t8-,10-,11-/m0/s1. The van der Waals surface area contributed by atoms with Gasteiger partial charge in [-0.25, -0.2) is 4.98 Å². The van der Waals surface area contributed by atoms with Gasteiger partial charge in [0.15, 0.2) is 0 Å². The highest BCUT2D eigenvalue weighted by molar-refractivity contribution is 5.78. The second-order valence-electron chi connectivity index (χ2n) is 5.01. The Morgan fingerprint density at radius 1 is 1.53 bits per heavy atom. The summed E-state index contributed by atoms with van der Waals surface area (Å²) in [5.41, 5.74) is 12.2. The molecule has 0 spiro atoms. The van der Waals surface area contributed by atoms with E-state index in [1.807, 2.05) is 6.07 Å². The van der Waals surface area contributed by atoms with Crippen molar-refractivity contribution in [2.45, 2.75) is 38.0 Å². The van der Waals surface area contributed by atoms with Gasteiger partial charge in [-0.05, 0) is 25.3 Å². The van der Waals surface area contributed by atoms with E-state index in [-0.39, 0.29) is 17.9 Å². The van der Waals surface area contributed by atoms with Gasteiger partial charge in [0, 0.05) is 30.3 Å². The number of anilines is 1. The van der Waals surface area contributed by atoms with Crippen LogP contribution in [0.1, 0.15) is 24.8 Å². The summed E-state index contributed by atoms with van der Waals surface area (Å²) >= 11 is 0. The van der Waals surface area contributed by atoms with E-state index in [0.29, 0.717) is 31.6 Å². The van der Waals surface area contributed by atoms with E-state index in [4.69, 9.17) is 11.5 Å². The number of hydrogen-bond donors (Lipinski definition) is 4. The van der Waals surface area contributed by atoms with E-state index in [9.17, 15) is 9.90 Å². The second kappa shape index (κ2) is 5.99. The zero-order valence-corrected chi connectivity index (χ0v) is 10.7. The van der Waals surface area contributed by atoms with Crippen LogP contribution >= 0.6 is 0 Å². The van der Waals surface area contributed by atoms with Gasteiger partial charge in [-0.3, -0.25) is 4.79 Å². The third-order valence-corrected chi connectivity index (χ3v) is 3.62. The van der Waals surface area contributed by atoms with Crippen LogP contribution in [0.25, 0.3) is 0 Å². The molecule has 1 saturated carbocycles. The maximum Gasteiger partial charge on any atom is 0.223 e. The van der Waals surface area contributed by atoms with Gasteiger partial charge in [-0.15, -0.1) is 0 Å². The molecule has 0 saturated heterocycles. The van der Waals surface area contributed by atoms with Crippen LogP contribution in [0.3, 0.4) is 0 Å². The Labute approximate surface area is 112 Å². The molecular weight excluding hydrogens is 244 g/mol. The van der Waals surface area contributed by atoms with E-state index in [1.54, 1.807) is 12.3 Å². The molecule has 1 amide bonds. The topological polar surface area (TPSA) is 114 Å². The molecule has 0 aromatic carbocycles. The van der Waals surface area contributed by atoms with Crippen LogP contribution in [-0.2, 0) is 11.3 Å². The Balaban J connectivity index is 1.87. The molecule has 0 radical (unpaired) electrons. The number of aliphatic hydroxyl groups is 1. The molecule has 2 rings (SSSR count). The van der Waals surface area contributed by atoms with E-state index in [0.717, 1.165) is 5.56 Å². The van der Waals surface area contributed by atoms with E-state index in [2.05, 4.69) is 10.3 Å². The highest BCUT2D eigenvalue weighted by atomic mass is 16.3. The van der Waals surface area contributed by atoms with E-state index < -0.39 is 6.10 Å². The number of rotatable bonds is 3. The lowest BCUT2D eigenvalue weighted by Gasteiger charge is -2.29. The van der Waals surface area contributed by atoms with Crippen LogP contribution < -0.4 is 16.8 Å². The van der Waals surface area contributed by atoms with Crippen molar-refractivity contribution in [3.05, 3.63) is 23.9 Å². The highest BCUT2D eigenvalue weighted by Crippen LogP contribution is 2.24. The molecule has 6 nitrogen and oxygen atoms in total. The number of aromatic nitrogens is 1. The summed E-state index contributed by atoms with van der Waals surface area (Å²) in [6, 6.07) is 3.40. The number of carbonyl (C=O) groups is 1. The summed E-state index contributed by atoms with van der Waals surface area (Å²) in [6.45, 7) is 0.358. The van der Waals surface area contributed by atoms with Gasteiger partial charge in [0.1, 0.15) is 5.82 Å². The fourth-order valence-corrected chi connectivity index (χ4v) is 2.34. The Morgan fingerprint density at radius 2 is 2.32 bits per heavy atom. The molecular formula is C13H20N4O2. The lowest BCUT2D eigenvalue weighted by Crippen LogP contribution is -2.44. The zero-order valence-electron chi connectivity index (χ0n) is 10.7.